The summed E-state index contributed by atoms with van der Waals surface area (Å²) in [5.41, 5.74) is 0. The minimum absolute atomic E-state index is 0.398. The largest absolute Gasteiger partial charge is 0.198 e. The lowest BCUT2D eigenvalue weighted by Crippen LogP contribution is -2.18. The van der Waals surface area contributed by atoms with Gasteiger partial charge < -0.3 is 0 Å². The van der Waals surface area contributed by atoms with Crippen LogP contribution in [0.5, 0.6) is 0 Å². The first kappa shape index (κ1) is 13.1. The fourth-order valence-electron chi connectivity index (χ4n) is 1.01. The molecule has 1 aliphatic rings. The molecule has 0 amide bonds. The molecule has 0 unspecified atom stereocenters. The fraction of sp³-hybridized carbons (Fsp3) is 0.900. The summed E-state index contributed by atoms with van der Waals surface area (Å²) in [6.07, 6.45) is 2.27. The first-order chi connectivity index (χ1) is 5.33. The van der Waals surface area contributed by atoms with Crippen LogP contribution in [0.4, 0.5) is 0 Å². The van der Waals surface area contributed by atoms with Crippen LogP contribution >= 0.6 is 0 Å². The molecule has 0 saturated heterocycles. The standard InChI is InChI=1S/C6H9N.2C2H6/c1-5-2-6(3-5)4-7;2*1-2/h5-6H,2-3H2,1H3;2*1-2H3. The van der Waals surface area contributed by atoms with Crippen molar-refractivity contribution >= 4 is 0 Å². The molecule has 0 N–H and O–H groups in total. The van der Waals surface area contributed by atoms with E-state index in [9.17, 15) is 0 Å². The van der Waals surface area contributed by atoms with E-state index < -0.39 is 0 Å². The predicted octanol–water partition coefficient (Wildman–Crippen LogP) is 3.61. The van der Waals surface area contributed by atoms with Crippen molar-refractivity contribution in [2.24, 2.45) is 11.8 Å². The third-order valence-electron chi connectivity index (χ3n) is 1.56. The Morgan fingerprint density at radius 2 is 1.45 bits per heavy atom. The van der Waals surface area contributed by atoms with E-state index in [0.717, 1.165) is 18.8 Å². The third-order valence-corrected chi connectivity index (χ3v) is 1.56. The summed E-state index contributed by atoms with van der Waals surface area (Å²) in [5, 5.41) is 8.25. The van der Waals surface area contributed by atoms with Gasteiger partial charge in [-0.3, -0.25) is 0 Å². The summed E-state index contributed by atoms with van der Waals surface area (Å²) in [7, 11) is 0. The number of nitrogens with zero attached hydrogens (tertiary/aromatic N) is 1. The molecule has 0 radical (unpaired) electrons. The summed E-state index contributed by atoms with van der Waals surface area (Å²) in [6.45, 7) is 10.2. The lowest BCUT2D eigenvalue weighted by atomic mass is 9.77. The summed E-state index contributed by atoms with van der Waals surface area (Å²) in [4.78, 5) is 0. The van der Waals surface area contributed by atoms with E-state index in [1.54, 1.807) is 0 Å². The maximum atomic E-state index is 8.25. The number of rotatable bonds is 0. The topological polar surface area (TPSA) is 23.8 Å². The Kier molecular flexibility index (Phi) is 11.3. The van der Waals surface area contributed by atoms with Crippen LogP contribution in [0.15, 0.2) is 0 Å². The lowest BCUT2D eigenvalue weighted by molar-refractivity contribution is 0.270. The van der Waals surface area contributed by atoms with E-state index in [4.69, 9.17) is 5.26 Å². The summed E-state index contributed by atoms with van der Waals surface area (Å²) in [6, 6.07) is 2.23. The SMILES string of the molecule is CC.CC.CC1CC(C#N)C1. The minimum atomic E-state index is 0.398. The van der Waals surface area contributed by atoms with Gasteiger partial charge in [-0.15, -0.1) is 0 Å². The molecule has 0 aromatic carbocycles. The molecule has 0 atom stereocenters. The second kappa shape index (κ2) is 9.49. The lowest BCUT2D eigenvalue weighted by Gasteiger charge is -2.26. The van der Waals surface area contributed by atoms with Gasteiger partial charge in [-0.25, -0.2) is 0 Å². The Morgan fingerprint density at radius 3 is 1.55 bits per heavy atom. The van der Waals surface area contributed by atoms with Crippen molar-refractivity contribution in [1.29, 1.82) is 5.26 Å². The zero-order valence-electron chi connectivity index (χ0n) is 8.52. The first-order valence-corrected chi connectivity index (χ1v) is 4.72. The summed E-state index contributed by atoms with van der Waals surface area (Å²) >= 11 is 0. The highest BCUT2D eigenvalue weighted by Crippen LogP contribution is 2.31. The van der Waals surface area contributed by atoms with Crippen molar-refractivity contribution in [3.05, 3.63) is 0 Å². The van der Waals surface area contributed by atoms with Crippen LogP contribution in [-0.4, -0.2) is 0 Å². The van der Waals surface area contributed by atoms with Gasteiger partial charge in [0, 0.05) is 5.92 Å². The van der Waals surface area contributed by atoms with Crippen molar-refractivity contribution in [2.45, 2.75) is 47.5 Å². The molecule has 0 spiro atoms. The number of hydrogen-bond donors (Lipinski definition) is 0. The van der Waals surface area contributed by atoms with Gasteiger partial charge in [0.2, 0.25) is 0 Å². The molecule has 1 rings (SSSR count). The predicted molar refractivity (Wildman–Crippen MR) is 50.2 cm³/mol. The minimum Gasteiger partial charge on any atom is -0.198 e. The van der Waals surface area contributed by atoms with Crippen LogP contribution in [0.1, 0.15) is 47.5 Å². The van der Waals surface area contributed by atoms with E-state index in [2.05, 4.69) is 13.0 Å². The third kappa shape index (κ3) is 5.91. The van der Waals surface area contributed by atoms with Gasteiger partial charge in [0.25, 0.3) is 0 Å². The van der Waals surface area contributed by atoms with Crippen molar-refractivity contribution in [3.8, 4) is 6.07 Å². The molecule has 0 aliphatic heterocycles. The zero-order chi connectivity index (χ0) is 9.28. The van der Waals surface area contributed by atoms with Crippen molar-refractivity contribution in [1.82, 2.24) is 0 Å². The Hall–Kier alpha value is -0.510. The molecule has 66 valence electrons. The highest BCUT2D eigenvalue weighted by atomic mass is 14.3. The molecule has 0 heterocycles. The van der Waals surface area contributed by atoms with Crippen molar-refractivity contribution in [2.75, 3.05) is 0 Å². The summed E-state index contributed by atoms with van der Waals surface area (Å²) < 4.78 is 0. The van der Waals surface area contributed by atoms with Gasteiger partial charge in [-0.2, -0.15) is 5.26 Å². The first-order valence-electron chi connectivity index (χ1n) is 4.72. The molecule has 0 aromatic rings. The molecule has 1 aliphatic carbocycles. The Balaban J connectivity index is 0. The monoisotopic (exact) mass is 155 g/mol. The van der Waals surface area contributed by atoms with Gasteiger partial charge in [0.05, 0.1) is 6.07 Å². The quantitative estimate of drug-likeness (QED) is 0.524. The average molecular weight is 155 g/mol. The van der Waals surface area contributed by atoms with Crippen LogP contribution in [0.3, 0.4) is 0 Å². The maximum absolute atomic E-state index is 8.25. The number of hydrogen-bond acceptors (Lipinski definition) is 1. The van der Waals surface area contributed by atoms with Gasteiger partial charge >= 0.3 is 0 Å². The maximum Gasteiger partial charge on any atom is 0.0655 e. The van der Waals surface area contributed by atoms with E-state index in [-0.39, 0.29) is 0 Å². The van der Waals surface area contributed by atoms with E-state index in [1.807, 2.05) is 27.7 Å². The second-order valence-corrected chi connectivity index (χ2v) is 2.40. The van der Waals surface area contributed by atoms with E-state index in [0.29, 0.717) is 5.92 Å². The van der Waals surface area contributed by atoms with Crippen molar-refractivity contribution < 1.29 is 0 Å². The average Bonchev–Trinajstić information content (AvgIpc) is 2.06. The Bertz CT molecular complexity index is 95.9. The highest BCUT2D eigenvalue weighted by molar-refractivity contribution is 4.91. The van der Waals surface area contributed by atoms with Gasteiger partial charge in [0.15, 0.2) is 0 Å². The molecule has 1 fully saturated rings. The Labute approximate surface area is 71.4 Å². The van der Waals surface area contributed by atoms with Gasteiger partial charge in [-0.1, -0.05) is 34.6 Å². The highest BCUT2D eigenvalue weighted by Gasteiger charge is 2.24. The van der Waals surface area contributed by atoms with Crippen LogP contribution < -0.4 is 0 Å². The van der Waals surface area contributed by atoms with E-state index >= 15 is 0 Å². The molecule has 0 aromatic heterocycles. The van der Waals surface area contributed by atoms with Crippen LogP contribution in [-0.2, 0) is 0 Å². The molecule has 11 heavy (non-hydrogen) atoms. The molecule has 1 nitrogen and oxygen atoms in total. The molecule has 1 saturated carbocycles. The van der Waals surface area contributed by atoms with Crippen LogP contribution in [0, 0.1) is 23.2 Å². The fourth-order valence-corrected chi connectivity index (χ4v) is 1.01. The van der Waals surface area contributed by atoms with Crippen molar-refractivity contribution in [3.63, 3.8) is 0 Å². The molecule has 1 heteroatoms. The normalized spacial score (nSPS) is 25.8. The smallest absolute Gasteiger partial charge is 0.0655 e. The molecular weight excluding hydrogens is 134 g/mol. The van der Waals surface area contributed by atoms with Crippen LogP contribution in [0.2, 0.25) is 0 Å². The zero-order valence-corrected chi connectivity index (χ0v) is 8.52. The second-order valence-electron chi connectivity index (χ2n) is 2.40. The van der Waals surface area contributed by atoms with E-state index in [1.165, 1.54) is 0 Å². The molecule has 0 bridgehead atoms. The van der Waals surface area contributed by atoms with Gasteiger partial charge in [0.1, 0.15) is 0 Å². The van der Waals surface area contributed by atoms with Crippen LogP contribution in [0.25, 0.3) is 0 Å². The molecular formula is C10H21N. The summed E-state index contributed by atoms with van der Waals surface area (Å²) in [5.74, 6) is 1.22. The van der Waals surface area contributed by atoms with Gasteiger partial charge in [-0.05, 0) is 18.8 Å². The Morgan fingerprint density at radius 1 is 1.09 bits per heavy atom. The number of nitriles is 1.